The Morgan fingerprint density at radius 2 is 1.79 bits per heavy atom. The first-order valence-electron chi connectivity index (χ1n) is 6.04. The molecule has 0 spiro atoms. The molecule has 1 aromatic carbocycles. The number of hydrogen-bond donors (Lipinski definition) is 2. The molecule has 2 aromatic rings. The van der Waals surface area contributed by atoms with Crippen molar-refractivity contribution in [2.75, 3.05) is 18.9 Å². The maximum Gasteiger partial charge on any atom is 0.250 e. The van der Waals surface area contributed by atoms with Crippen LogP contribution in [0.2, 0.25) is 0 Å². The van der Waals surface area contributed by atoms with Crippen LogP contribution >= 0.6 is 0 Å². The van der Waals surface area contributed by atoms with Gasteiger partial charge in [0.1, 0.15) is 19.0 Å². The second kappa shape index (κ2) is 4.35. The Hall–Kier alpha value is -2.43. The Morgan fingerprint density at radius 1 is 1.11 bits per heavy atom. The van der Waals surface area contributed by atoms with Crippen molar-refractivity contribution in [2.24, 2.45) is 0 Å². The van der Waals surface area contributed by atoms with E-state index in [4.69, 9.17) is 15.2 Å². The molecule has 19 heavy (non-hydrogen) atoms. The number of anilines is 1. The minimum Gasteiger partial charge on any atom is -0.486 e. The lowest BCUT2D eigenvalue weighted by Crippen LogP contribution is -2.15. The van der Waals surface area contributed by atoms with E-state index in [2.05, 4.69) is 4.98 Å². The first-order valence-corrected chi connectivity index (χ1v) is 6.04. The van der Waals surface area contributed by atoms with E-state index in [-0.39, 0.29) is 5.56 Å². The lowest BCUT2D eigenvalue weighted by molar-refractivity contribution is 0.171. The maximum absolute atomic E-state index is 11.5. The summed E-state index contributed by atoms with van der Waals surface area (Å²) in [7, 11) is 0. The van der Waals surface area contributed by atoms with Crippen LogP contribution < -0.4 is 20.8 Å². The summed E-state index contributed by atoms with van der Waals surface area (Å²) in [5, 5.41) is 0. The molecule has 0 bridgehead atoms. The number of rotatable bonds is 1. The van der Waals surface area contributed by atoms with Gasteiger partial charge < -0.3 is 20.2 Å². The van der Waals surface area contributed by atoms with Crippen LogP contribution in [0.25, 0.3) is 11.1 Å². The second-order valence-electron chi connectivity index (χ2n) is 4.50. The number of nitrogens with one attached hydrogen (secondary N) is 1. The van der Waals surface area contributed by atoms with Crippen LogP contribution in [0.1, 0.15) is 5.56 Å². The molecule has 0 aliphatic carbocycles. The number of hydrogen-bond acceptors (Lipinski definition) is 4. The zero-order valence-electron chi connectivity index (χ0n) is 10.5. The molecule has 5 nitrogen and oxygen atoms in total. The average Bonchev–Trinajstić information content (AvgIpc) is 2.36. The summed E-state index contributed by atoms with van der Waals surface area (Å²) < 4.78 is 11.1. The van der Waals surface area contributed by atoms with Gasteiger partial charge in [-0.15, -0.1) is 0 Å². The van der Waals surface area contributed by atoms with Crippen LogP contribution in [-0.2, 0) is 0 Å². The van der Waals surface area contributed by atoms with E-state index in [1.807, 2.05) is 19.1 Å². The van der Waals surface area contributed by atoms with Gasteiger partial charge in [0.05, 0.1) is 0 Å². The summed E-state index contributed by atoms with van der Waals surface area (Å²) in [5.74, 6) is 1.79. The lowest BCUT2D eigenvalue weighted by Gasteiger charge is -2.20. The summed E-state index contributed by atoms with van der Waals surface area (Å²) in [5.41, 5.74) is 8.16. The Labute approximate surface area is 110 Å². The van der Waals surface area contributed by atoms with E-state index in [1.165, 1.54) is 6.07 Å². The van der Waals surface area contributed by atoms with Gasteiger partial charge in [-0.1, -0.05) is 0 Å². The first kappa shape index (κ1) is 11.6. The van der Waals surface area contributed by atoms with Gasteiger partial charge in [0.2, 0.25) is 5.56 Å². The maximum atomic E-state index is 11.5. The number of nitrogens with two attached hydrogens (primary N) is 1. The van der Waals surface area contributed by atoms with E-state index < -0.39 is 0 Å². The number of aromatic amines is 1. The van der Waals surface area contributed by atoms with Crippen LogP contribution in [0.4, 0.5) is 5.82 Å². The van der Waals surface area contributed by atoms with Gasteiger partial charge in [0.15, 0.2) is 11.5 Å². The van der Waals surface area contributed by atoms with Crippen LogP contribution in [0.3, 0.4) is 0 Å². The van der Waals surface area contributed by atoms with Crippen LogP contribution in [-0.4, -0.2) is 18.2 Å². The van der Waals surface area contributed by atoms with Crippen molar-refractivity contribution in [3.63, 3.8) is 0 Å². The molecule has 1 aliphatic rings. The number of aromatic nitrogens is 1. The number of fused-ring (bicyclic) bond motifs is 1. The molecule has 0 amide bonds. The summed E-state index contributed by atoms with van der Waals surface area (Å²) in [6, 6.07) is 7.06. The van der Waals surface area contributed by atoms with Crippen molar-refractivity contribution in [2.45, 2.75) is 6.92 Å². The van der Waals surface area contributed by atoms with Crippen LogP contribution in [0.15, 0.2) is 29.1 Å². The minimum absolute atomic E-state index is 0.218. The summed E-state index contributed by atoms with van der Waals surface area (Å²) in [6.07, 6.45) is 0. The van der Waals surface area contributed by atoms with Crippen molar-refractivity contribution < 1.29 is 9.47 Å². The predicted octanol–water partition coefficient (Wildman–Crippen LogP) is 1.70. The third-order valence-corrected chi connectivity index (χ3v) is 3.07. The standard InChI is InChI=1S/C14H14N2O3/c1-8-4-11-12(19-3-2-18-11)7-10(8)9-5-13(15)16-14(17)6-9/h4-7H,2-3H2,1H3,(H3,15,16,17). The second-order valence-corrected chi connectivity index (χ2v) is 4.50. The highest BCUT2D eigenvalue weighted by molar-refractivity contribution is 5.72. The molecule has 3 N–H and O–H groups in total. The fraction of sp³-hybridized carbons (Fsp3) is 0.214. The van der Waals surface area contributed by atoms with Gasteiger partial charge in [0.25, 0.3) is 0 Å². The van der Waals surface area contributed by atoms with Gasteiger partial charge in [-0.2, -0.15) is 0 Å². The van der Waals surface area contributed by atoms with Gasteiger partial charge in [0, 0.05) is 6.07 Å². The monoisotopic (exact) mass is 258 g/mol. The van der Waals surface area contributed by atoms with E-state index in [1.54, 1.807) is 6.07 Å². The molecule has 5 heteroatoms. The Balaban J connectivity index is 2.16. The number of H-pyrrole nitrogens is 1. The van der Waals surface area contributed by atoms with E-state index in [0.717, 1.165) is 22.4 Å². The predicted molar refractivity (Wildman–Crippen MR) is 72.6 cm³/mol. The van der Waals surface area contributed by atoms with Crippen molar-refractivity contribution in [3.05, 3.63) is 40.2 Å². The molecule has 0 fully saturated rings. The molecule has 0 saturated carbocycles. The number of nitrogen functional groups attached to an aromatic ring is 1. The van der Waals surface area contributed by atoms with Crippen molar-refractivity contribution >= 4 is 5.82 Å². The Bertz CT molecular complexity index is 692. The van der Waals surface area contributed by atoms with Gasteiger partial charge >= 0.3 is 0 Å². The highest BCUT2D eigenvalue weighted by atomic mass is 16.6. The largest absolute Gasteiger partial charge is 0.486 e. The number of benzene rings is 1. The van der Waals surface area contributed by atoms with Gasteiger partial charge in [-0.25, -0.2) is 0 Å². The molecular weight excluding hydrogens is 244 g/mol. The SMILES string of the molecule is Cc1cc2c(cc1-c1cc(N)[nH]c(=O)c1)OCCO2. The van der Waals surface area contributed by atoms with Crippen LogP contribution in [0, 0.1) is 6.92 Å². The normalized spacial score (nSPS) is 13.3. The summed E-state index contributed by atoms with van der Waals surface area (Å²) >= 11 is 0. The molecule has 0 atom stereocenters. The zero-order chi connectivity index (χ0) is 13.4. The minimum atomic E-state index is -0.218. The number of pyridine rings is 1. The van der Waals surface area contributed by atoms with E-state index >= 15 is 0 Å². The third kappa shape index (κ3) is 2.14. The zero-order valence-corrected chi connectivity index (χ0v) is 10.5. The topological polar surface area (TPSA) is 77.3 Å². The molecule has 3 rings (SSSR count). The fourth-order valence-corrected chi connectivity index (χ4v) is 2.22. The van der Waals surface area contributed by atoms with Gasteiger partial charge in [-0.05, 0) is 41.8 Å². The highest BCUT2D eigenvalue weighted by Crippen LogP contribution is 2.37. The molecule has 2 heterocycles. The Morgan fingerprint density at radius 3 is 2.47 bits per heavy atom. The van der Waals surface area contributed by atoms with Crippen LogP contribution in [0.5, 0.6) is 11.5 Å². The molecule has 0 unspecified atom stereocenters. The molecule has 98 valence electrons. The fourth-order valence-electron chi connectivity index (χ4n) is 2.22. The lowest BCUT2D eigenvalue weighted by atomic mass is 10.0. The molecule has 0 saturated heterocycles. The van der Waals surface area contributed by atoms with Gasteiger partial charge in [-0.3, -0.25) is 4.79 Å². The molecule has 0 radical (unpaired) electrons. The Kier molecular flexibility index (Phi) is 2.67. The molecular formula is C14H14N2O3. The highest BCUT2D eigenvalue weighted by Gasteiger charge is 2.15. The number of ether oxygens (including phenoxy) is 2. The first-order chi connectivity index (χ1) is 9.13. The summed E-state index contributed by atoms with van der Waals surface area (Å²) in [4.78, 5) is 14.0. The molecule has 1 aromatic heterocycles. The summed E-state index contributed by atoms with van der Waals surface area (Å²) in [6.45, 7) is 3.06. The molecule has 1 aliphatic heterocycles. The average molecular weight is 258 g/mol. The number of aryl methyl sites for hydroxylation is 1. The van der Waals surface area contributed by atoms with E-state index in [9.17, 15) is 4.79 Å². The van der Waals surface area contributed by atoms with Crippen molar-refractivity contribution in [3.8, 4) is 22.6 Å². The smallest absolute Gasteiger partial charge is 0.250 e. The van der Waals surface area contributed by atoms with E-state index in [0.29, 0.717) is 24.8 Å². The third-order valence-electron chi connectivity index (χ3n) is 3.07. The quantitative estimate of drug-likeness (QED) is 0.816. The van der Waals surface area contributed by atoms with Crippen molar-refractivity contribution in [1.82, 2.24) is 4.98 Å². The van der Waals surface area contributed by atoms with Crippen molar-refractivity contribution in [1.29, 1.82) is 0 Å².